The van der Waals surface area contributed by atoms with E-state index in [-0.39, 0.29) is 18.2 Å². The van der Waals surface area contributed by atoms with Gasteiger partial charge in [0.1, 0.15) is 19.7 Å². The highest BCUT2D eigenvalue weighted by atomic mass is 16.7. The van der Waals surface area contributed by atoms with Crippen LogP contribution < -0.4 is 0 Å². The maximum Gasteiger partial charge on any atom is 0.311 e. The van der Waals surface area contributed by atoms with Crippen LogP contribution in [-0.4, -0.2) is 50.5 Å². The second-order valence-corrected chi connectivity index (χ2v) is 4.85. The predicted molar refractivity (Wildman–Crippen MR) is 50.4 cm³/mol. The second kappa shape index (κ2) is 3.51. The molecule has 80 valence electrons. The van der Waals surface area contributed by atoms with Crippen LogP contribution in [-0.2, 0) is 14.3 Å². The molecule has 0 aromatic carbocycles. The van der Waals surface area contributed by atoms with Crippen molar-refractivity contribution in [3.05, 3.63) is 0 Å². The monoisotopic (exact) mass is 200 g/mol. The van der Waals surface area contributed by atoms with Gasteiger partial charge in [-0.3, -0.25) is 4.79 Å². The Bertz CT molecular complexity index is 236. The minimum atomic E-state index is -0.327. The predicted octanol–water partition coefficient (Wildman–Crippen LogP) is 0.372. The van der Waals surface area contributed by atoms with Gasteiger partial charge in [-0.2, -0.15) is 0 Å². The normalized spacial score (nSPS) is 31.1. The highest BCUT2D eigenvalue weighted by molar-refractivity contribution is 5.74. The summed E-state index contributed by atoms with van der Waals surface area (Å²) in [6, 6.07) is 0. The number of nitrogens with zero attached hydrogens (tertiary/aromatic N) is 1. The minimum Gasteiger partial charge on any atom is -0.429 e. The first-order valence-electron chi connectivity index (χ1n) is 5.21. The van der Waals surface area contributed by atoms with E-state index in [9.17, 15) is 4.79 Å². The summed E-state index contributed by atoms with van der Waals surface area (Å²) in [6.07, 6.45) is 1.65. The van der Waals surface area contributed by atoms with Gasteiger partial charge in [-0.1, -0.05) is 0 Å². The largest absolute Gasteiger partial charge is 0.429 e. The van der Waals surface area contributed by atoms with Crippen LogP contribution >= 0.6 is 0 Å². The van der Waals surface area contributed by atoms with Crippen LogP contribution in [0.15, 0.2) is 0 Å². The lowest BCUT2D eigenvalue weighted by Crippen LogP contribution is -2.53. The van der Waals surface area contributed by atoms with E-state index < -0.39 is 0 Å². The van der Waals surface area contributed by atoms with E-state index in [0.29, 0.717) is 6.61 Å². The summed E-state index contributed by atoms with van der Waals surface area (Å²) < 4.78 is 11.5. The molecule has 1 aliphatic carbocycles. The fraction of sp³-hybridized carbons (Fsp3) is 0.900. The Morgan fingerprint density at radius 3 is 2.71 bits per heavy atom. The fourth-order valence-electron chi connectivity index (χ4n) is 1.59. The quantitative estimate of drug-likeness (QED) is 0.477. The molecule has 0 bridgehead atoms. The van der Waals surface area contributed by atoms with Crippen molar-refractivity contribution in [2.75, 3.05) is 33.8 Å². The third-order valence-corrected chi connectivity index (χ3v) is 2.80. The highest BCUT2D eigenvalue weighted by Gasteiger charge is 2.36. The molecule has 1 saturated heterocycles. The van der Waals surface area contributed by atoms with Crippen LogP contribution in [0.1, 0.15) is 12.8 Å². The molecule has 4 nitrogen and oxygen atoms in total. The number of likely N-dealkylation sites (N-methyl/N-ethyl adjacent to an activating group) is 1. The summed E-state index contributed by atoms with van der Waals surface area (Å²) >= 11 is 0. The molecule has 4 heteroatoms. The molecule has 2 fully saturated rings. The van der Waals surface area contributed by atoms with Crippen molar-refractivity contribution in [3.8, 4) is 0 Å². The topological polar surface area (TPSA) is 35.5 Å². The molecule has 2 aliphatic rings. The van der Waals surface area contributed by atoms with E-state index in [1.54, 1.807) is 0 Å². The lowest BCUT2D eigenvalue weighted by Gasteiger charge is -2.37. The maximum absolute atomic E-state index is 11.4. The Balaban J connectivity index is 1.82. The molecule has 14 heavy (non-hydrogen) atoms. The SMILES string of the molecule is C[N+]1(C)CCOC(OC(=O)C2CC2)C1. The average Bonchev–Trinajstić information content (AvgIpc) is 2.83. The van der Waals surface area contributed by atoms with E-state index in [2.05, 4.69) is 14.1 Å². The Labute approximate surface area is 84.4 Å². The third kappa shape index (κ3) is 2.45. The van der Waals surface area contributed by atoms with E-state index in [1.807, 2.05) is 0 Å². The number of hydrogen-bond acceptors (Lipinski definition) is 3. The molecule has 0 spiro atoms. The molecular formula is C10H18NO3+. The van der Waals surface area contributed by atoms with Crippen molar-refractivity contribution in [2.24, 2.45) is 5.92 Å². The van der Waals surface area contributed by atoms with Crippen molar-refractivity contribution >= 4 is 5.97 Å². The highest BCUT2D eigenvalue weighted by Crippen LogP contribution is 2.30. The summed E-state index contributed by atoms with van der Waals surface area (Å²) in [6.45, 7) is 2.42. The zero-order chi connectivity index (χ0) is 10.2. The molecule has 1 heterocycles. The lowest BCUT2D eigenvalue weighted by molar-refractivity contribution is -0.905. The van der Waals surface area contributed by atoms with E-state index in [0.717, 1.165) is 30.4 Å². The molecule has 0 aromatic rings. The van der Waals surface area contributed by atoms with Gasteiger partial charge in [0.15, 0.2) is 0 Å². The number of morpholine rings is 1. The zero-order valence-corrected chi connectivity index (χ0v) is 8.86. The summed E-state index contributed by atoms with van der Waals surface area (Å²) in [7, 11) is 4.25. The number of hydrogen-bond donors (Lipinski definition) is 0. The van der Waals surface area contributed by atoms with Crippen molar-refractivity contribution < 1.29 is 18.8 Å². The first-order valence-corrected chi connectivity index (χ1v) is 5.21. The molecule has 0 aromatic heterocycles. The molecular weight excluding hydrogens is 182 g/mol. The standard InChI is InChI=1S/C10H18NO3/c1-11(2)5-6-13-9(7-11)14-10(12)8-3-4-8/h8-9H,3-7H2,1-2H3/q+1. The van der Waals surface area contributed by atoms with Crippen molar-refractivity contribution in [1.29, 1.82) is 0 Å². The van der Waals surface area contributed by atoms with Gasteiger partial charge in [0.2, 0.25) is 0 Å². The van der Waals surface area contributed by atoms with Gasteiger partial charge in [0.05, 0.1) is 20.0 Å². The molecule has 1 unspecified atom stereocenters. The number of esters is 1. The molecule has 0 N–H and O–H groups in total. The number of quaternary nitrogens is 1. The van der Waals surface area contributed by atoms with Crippen LogP contribution in [0.4, 0.5) is 0 Å². The van der Waals surface area contributed by atoms with Crippen LogP contribution in [0.25, 0.3) is 0 Å². The van der Waals surface area contributed by atoms with E-state index in [1.165, 1.54) is 0 Å². The summed E-state index contributed by atoms with van der Waals surface area (Å²) in [4.78, 5) is 11.4. The van der Waals surface area contributed by atoms with Crippen LogP contribution in [0.3, 0.4) is 0 Å². The lowest BCUT2D eigenvalue weighted by atomic mass is 10.3. The fourth-order valence-corrected chi connectivity index (χ4v) is 1.59. The Hall–Kier alpha value is -0.610. The minimum absolute atomic E-state index is 0.0723. The van der Waals surface area contributed by atoms with Gasteiger partial charge in [0.25, 0.3) is 6.29 Å². The molecule has 0 radical (unpaired) electrons. The molecule has 1 atom stereocenters. The van der Waals surface area contributed by atoms with Gasteiger partial charge in [0, 0.05) is 0 Å². The Morgan fingerprint density at radius 2 is 2.14 bits per heavy atom. The molecule has 2 rings (SSSR count). The van der Waals surface area contributed by atoms with Crippen molar-refractivity contribution in [3.63, 3.8) is 0 Å². The second-order valence-electron chi connectivity index (χ2n) is 4.85. The maximum atomic E-state index is 11.4. The van der Waals surface area contributed by atoms with Crippen molar-refractivity contribution in [2.45, 2.75) is 19.1 Å². The van der Waals surface area contributed by atoms with Crippen LogP contribution in [0.5, 0.6) is 0 Å². The zero-order valence-electron chi connectivity index (χ0n) is 8.86. The average molecular weight is 200 g/mol. The van der Waals surface area contributed by atoms with Gasteiger partial charge in [-0.15, -0.1) is 0 Å². The van der Waals surface area contributed by atoms with Gasteiger partial charge in [-0.25, -0.2) is 0 Å². The third-order valence-electron chi connectivity index (χ3n) is 2.80. The number of carbonyl (C=O) groups excluding carboxylic acids is 1. The van der Waals surface area contributed by atoms with E-state index >= 15 is 0 Å². The number of ether oxygens (including phenoxy) is 2. The van der Waals surface area contributed by atoms with Crippen LogP contribution in [0, 0.1) is 5.92 Å². The molecule has 0 amide bonds. The number of carbonyl (C=O) groups is 1. The van der Waals surface area contributed by atoms with Crippen LogP contribution in [0.2, 0.25) is 0 Å². The summed E-state index contributed by atoms with van der Waals surface area (Å²) in [5.41, 5.74) is 0. The Kier molecular flexibility index (Phi) is 2.49. The molecule has 1 saturated carbocycles. The van der Waals surface area contributed by atoms with E-state index in [4.69, 9.17) is 9.47 Å². The summed E-state index contributed by atoms with van der Waals surface area (Å²) in [5.74, 6) is 0.0908. The van der Waals surface area contributed by atoms with Crippen molar-refractivity contribution in [1.82, 2.24) is 0 Å². The van der Waals surface area contributed by atoms with Gasteiger partial charge < -0.3 is 14.0 Å². The first kappa shape index (κ1) is 9.93. The smallest absolute Gasteiger partial charge is 0.311 e. The van der Waals surface area contributed by atoms with Gasteiger partial charge in [-0.05, 0) is 12.8 Å². The van der Waals surface area contributed by atoms with Gasteiger partial charge >= 0.3 is 5.97 Å². The Morgan fingerprint density at radius 1 is 1.43 bits per heavy atom. The first-order chi connectivity index (χ1) is 6.57. The summed E-state index contributed by atoms with van der Waals surface area (Å²) in [5, 5.41) is 0. The molecule has 1 aliphatic heterocycles. The number of rotatable bonds is 2.